The smallest absolute Gasteiger partial charge is 0.264 e. The van der Waals surface area contributed by atoms with Crippen LogP contribution in [0.25, 0.3) is 0 Å². The average molecular weight is 184 g/mol. The van der Waals surface area contributed by atoms with E-state index in [1.165, 1.54) is 0 Å². The Kier molecular flexibility index (Phi) is 3.02. The van der Waals surface area contributed by atoms with Crippen molar-refractivity contribution in [3.63, 3.8) is 0 Å². The summed E-state index contributed by atoms with van der Waals surface area (Å²) >= 11 is 0. The molecule has 0 unspecified atom stereocenters. The highest BCUT2D eigenvalue weighted by atomic mass is 32.3. The Hall–Kier alpha value is 0.0869. The van der Waals surface area contributed by atoms with Crippen molar-refractivity contribution in [3.05, 3.63) is 0 Å². The molecule has 0 aliphatic rings. The van der Waals surface area contributed by atoms with E-state index in [1.54, 1.807) is 0 Å². The molecule has 62 valence electrons. The van der Waals surface area contributed by atoms with Crippen molar-refractivity contribution in [1.29, 1.82) is 0 Å². The third-order valence-electron chi connectivity index (χ3n) is 0.641. The zero-order valence-electron chi connectivity index (χ0n) is 6.29. The van der Waals surface area contributed by atoms with Crippen LogP contribution in [0.5, 0.6) is 0 Å². The summed E-state index contributed by atoms with van der Waals surface area (Å²) in [5, 5.41) is 0. The van der Waals surface area contributed by atoms with Gasteiger partial charge in [0.2, 0.25) is 0 Å². The molecule has 0 aromatic heterocycles. The van der Waals surface area contributed by atoms with E-state index < -0.39 is 18.5 Å². The molecule has 0 radical (unpaired) electrons. The maximum absolute atomic E-state index is 10.0. The van der Waals surface area contributed by atoms with E-state index in [2.05, 4.69) is 4.18 Å². The molecule has 0 aliphatic carbocycles. The highest BCUT2D eigenvalue weighted by Gasteiger charge is 2.17. The molecule has 0 bridgehead atoms. The molecule has 0 aromatic carbocycles. The molecule has 0 fully saturated rings. The molecular formula is C4H12O4SSi. The van der Waals surface area contributed by atoms with E-state index in [4.69, 9.17) is 4.55 Å². The number of rotatable bonds is 3. The topological polar surface area (TPSA) is 63.6 Å². The van der Waals surface area contributed by atoms with Gasteiger partial charge in [-0.05, 0) is 0 Å². The molecule has 4 nitrogen and oxygen atoms in total. The fourth-order valence-electron chi connectivity index (χ4n) is 0.251. The van der Waals surface area contributed by atoms with E-state index in [0.29, 0.717) is 0 Å². The van der Waals surface area contributed by atoms with Crippen LogP contribution in [-0.2, 0) is 14.6 Å². The summed E-state index contributed by atoms with van der Waals surface area (Å²) < 4.78 is 32.4. The van der Waals surface area contributed by atoms with Crippen molar-refractivity contribution in [1.82, 2.24) is 0 Å². The predicted molar refractivity (Wildman–Crippen MR) is 40.8 cm³/mol. The molecule has 1 N–H and O–H groups in total. The first kappa shape index (κ1) is 10.1. The van der Waals surface area contributed by atoms with Gasteiger partial charge in [-0.1, -0.05) is 19.6 Å². The largest absolute Gasteiger partial charge is 0.397 e. The second-order valence-electron chi connectivity index (χ2n) is 3.25. The predicted octanol–water partition coefficient (Wildman–Crippen LogP) is 0.683. The lowest BCUT2D eigenvalue weighted by molar-refractivity contribution is 0.305. The van der Waals surface area contributed by atoms with Crippen LogP contribution in [0.4, 0.5) is 0 Å². The van der Waals surface area contributed by atoms with Gasteiger partial charge in [-0.25, -0.2) is 0 Å². The summed E-state index contributed by atoms with van der Waals surface area (Å²) in [5.74, 6) is 0. The minimum Gasteiger partial charge on any atom is -0.264 e. The van der Waals surface area contributed by atoms with E-state index in [9.17, 15) is 8.42 Å². The maximum atomic E-state index is 10.0. The molecule has 0 saturated heterocycles. The molecule has 0 spiro atoms. The van der Waals surface area contributed by atoms with Crippen molar-refractivity contribution in [2.45, 2.75) is 19.6 Å². The zero-order chi connectivity index (χ0) is 8.41. The van der Waals surface area contributed by atoms with E-state index in [1.807, 2.05) is 19.6 Å². The van der Waals surface area contributed by atoms with Gasteiger partial charge in [-0.2, -0.15) is 8.42 Å². The Morgan fingerprint density at radius 1 is 1.40 bits per heavy atom. The molecule has 6 heteroatoms. The standard InChI is InChI=1S/C4H12O4SSi/c1-10(2,3)4-8-9(5,6)7/h4H2,1-3H3,(H,5,6,7). The monoisotopic (exact) mass is 184 g/mol. The van der Waals surface area contributed by atoms with Gasteiger partial charge in [-0.15, -0.1) is 0 Å². The molecule has 0 aliphatic heterocycles. The van der Waals surface area contributed by atoms with E-state index in [0.717, 1.165) is 0 Å². The van der Waals surface area contributed by atoms with Crippen LogP contribution in [0.1, 0.15) is 0 Å². The van der Waals surface area contributed by atoms with Gasteiger partial charge in [0.25, 0.3) is 0 Å². The summed E-state index contributed by atoms with van der Waals surface area (Å²) in [7, 11) is -5.75. The van der Waals surface area contributed by atoms with Gasteiger partial charge in [0, 0.05) is 0 Å². The molecule has 0 heterocycles. The number of hydrogen-bond acceptors (Lipinski definition) is 3. The highest BCUT2D eigenvalue weighted by molar-refractivity contribution is 7.80. The summed E-state index contributed by atoms with van der Waals surface area (Å²) in [6.45, 7) is 5.83. The molecule has 0 rings (SSSR count). The quantitative estimate of drug-likeness (QED) is 0.517. The first-order chi connectivity index (χ1) is 4.21. The normalized spacial score (nSPS) is 13.6. The van der Waals surface area contributed by atoms with E-state index >= 15 is 0 Å². The van der Waals surface area contributed by atoms with Crippen LogP contribution in [0, 0.1) is 0 Å². The van der Waals surface area contributed by atoms with Gasteiger partial charge in [-0.3, -0.25) is 8.74 Å². The Bertz CT molecular complexity index is 190. The van der Waals surface area contributed by atoms with Crippen LogP contribution < -0.4 is 0 Å². The van der Waals surface area contributed by atoms with Crippen LogP contribution in [0.2, 0.25) is 19.6 Å². The van der Waals surface area contributed by atoms with Crippen LogP contribution in [0.15, 0.2) is 0 Å². The summed E-state index contributed by atoms with van der Waals surface area (Å²) in [4.78, 5) is 0. The van der Waals surface area contributed by atoms with Gasteiger partial charge >= 0.3 is 10.4 Å². The first-order valence-corrected chi connectivity index (χ1v) is 7.90. The lowest BCUT2D eigenvalue weighted by Crippen LogP contribution is -2.29. The summed E-state index contributed by atoms with van der Waals surface area (Å²) in [5.41, 5.74) is 0. The molecular weight excluding hydrogens is 172 g/mol. The Balaban J connectivity index is 3.79. The molecule has 0 saturated carbocycles. The van der Waals surface area contributed by atoms with Gasteiger partial charge < -0.3 is 0 Å². The van der Waals surface area contributed by atoms with Crippen molar-refractivity contribution in [2.24, 2.45) is 0 Å². The van der Waals surface area contributed by atoms with Crippen molar-refractivity contribution in [3.8, 4) is 0 Å². The van der Waals surface area contributed by atoms with Crippen molar-refractivity contribution in [2.75, 3.05) is 6.23 Å². The highest BCUT2D eigenvalue weighted by Crippen LogP contribution is 2.02. The first-order valence-electron chi connectivity index (χ1n) is 2.82. The molecule has 0 aromatic rings. The van der Waals surface area contributed by atoms with Gasteiger partial charge in [0.15, 0.2) is 0 Å². The second kappa shape index (κ2) is 2.99. The second-order valence-corrected chi connectivity index (χ2v) is 9.75. The SMILES string of the molecule is C[Si](C)(C)COS(=O)(=O)O. The van der Waals surface area contributed by atoms with E-state index in [-0.39, 0.29) is 6.23 Å². The summed E-state index contributed by atoms with van der Waals surface area (Å²) in [6, 6.07) is 0. The van der Waals surface area contributed by atoms with Crippen LogP contribution in [-0.4, -0.2) is 27.3 Å². The Morgan fingerprint density at radius 2 is 1.80 bits per heavy atom. The minimum atomic E-state index is -4.22. The van der Waals surface area contributed by atoms with Crippen molar-refractivity contribution < 1.29 is 17.2 Å². The maximum Gasteiger partial charge on any atom is 0.397 e. The Morgan fingerprint density at radius 3 is 1.90 bits per heavy atom. The molecule has 0 amide bonds. The van der Waals surface area contributed by atoms with Crippen molar-refractivity contribution >= 4 is 18.5 Å². The number of hydrogen-bond donors (Lipinski definition) is 1. The van der Waals surface area contributed by atoms with Gasteiger partial charge in [0.05, 0.1) is 14.3 Å². The lowest BCUT2D eigenvalue weighted by Gasteiger charge is -2.12. The fourth-order valence-corrected chi connectivity index (χ4v) is 2.26. The third-order valence-corrected chi connectivity index (χ3v) is 2.28. The molecule has 0 atom stereocenters. The lowest BCUT2D eigenvalue weighted by atomic mass is 11.7. The fraction of sp³-hybridized carbons (Fsp3) is 1.00. The van der Waals surface area contributed by atoms with Crippen LogP contribution in [0.3, 0.4) is 0 Å². The zero-order valence-corrected chi connectivity index (χ0v) is 8.10. The Labute approximate surface area is 62.2 Å². The van der Waals surface area contributed by atoms with Crippen LogP contribution >= 0.6 is 0 Å². The summed E-state index contributed by atoms with van der Waals surface area (Å²) in [6.07, 6.45) is 0.131. The van der Waals surface area contributed by atoms with Gasteiger partial charge in [0.1, 0.15) is 0 Å². The minimum absolute atomic E-state index is 0.131. The molecule has 10 heavy (non-hydrogen) atoms. The average Bonchev–Trinajstić information content (AvgIpc) is 1.57. The third kappa shape index (κ3) is 8.09.